The van der Waals surface area contributed by atoms with Gasteiger partial charge < -0.3 is 10.6 Å². The Hall–Kier alpha value is -3.59. The normalized spacial score (nSPS) is 19.1. The third-order valence-corrected chi connectivity index (χ3v) is 6.55. The van der Waals surface area contributed by atoms with Crippen molar-refractivity contribution >= 4 is 40.7 Å². The summed E-state index contributed by atoms with van der Waals surface area (Å²) in [7, 11) is 0. The summed E-state index contributed by atoms with van der Waals surface area (Å²) in [6.07, 6.45) is 0.0702. The summed E-state index contributed by atoms with van der Waals surface area (Å²) < 4.78 is 0. The van der Waals surface area contributed by atoms with Gasteiger partial charge in [0.15, 0.2) is 5.78 Å². The molecule has 1 aromatic carbocycles. The molecule has 2 heterocycles. The van der Waals surface area contributed by atoms with Crippen molar-refractivity contribution in [2.75, 3.05) is 0 Å². The zero-order valence-corrected chi connectivity index (χ0v) is 19.8. The molecule has 2 aromatic rings. The van der Waals surface area contributed by atoms with Crippen LogP contribution in [0.2, 0.25) is 0 Å². The highest BCUT2D eigenvalue weighted by Gasteiger charge is 2.45. The number of carbonyl (C=O) groups excluding carboxylic acids is 5. The molecule has 178 valence electrons. The highest BCUT2D eigenvalue weighted by Crippen LogP contribution is 2.23. The molecule has 0 radical (unpaired) electrons. The van der Waals surface area contributed by atoms with Gasteiger partial charge in [-0.2, -0.15) is 0 Å². The number of imide groups is 1. The van der Waals surface area contributed by atoms with Crippen molar-refractivity contribution in [3.63, 3.8) is 0 Å². The first-order chi connectivity index (χ1) is 16.2. The van der Waals surface area contributed by atoms with Crippen LogP contribution >= 0.6 is 11.3 Å². The van der Waals surface area contributed by atoms with Crippen molar-refractivity contribution < 1.29 is 24.0 Å². The molecule has 3 rings (SSSR count). The number of carbonyl (C=O) groups is 5. The van der Waals surface area contributed by atoms with Crippen LogP contribution in [0.4, 0.5) is 0 Å². The third-order valence-electron chi connectivity index (χ3n) is 5.67. The molecule has 0 bridgehead atoms. The fraction of sp³-hybridized carbons (Fsp3) is 0.320. The number of ketones is 1. The predicted molar refractivity (Wildman–Crippen MR) is 128 cm³/mol. The Morgan fingerprint density at radius 2 is 1.74 bits per heavy atom. The average molecular weight is 482 g/mol. The second-order valence-corrected chi connectivity index (χ2v) is 9.39. The number of benzene rings is 1. The molecule has 0 aliphatic carbocycles. The van der Waals surface area contributed by atoms with Gasteiger partial charge in [-0.3, -0.25) is 29.3 Å². The predicted octanol–water partition coefficient (Wildman–Crippen LogP) is 2.08. The monoisotopic (exact) mass is 481 g/mol. The lowest BCUT2D eigenvalue weighted by Gasteiger charge is -2.24. The molecule has 9 heteroatoms. The van der Waals surface area contributed by atoms with E-state index in [2.05, 4.69) is 22.5 Å². The lowest BCUT2D eigenvalue weighted by atomic mass is 9.86. The fourth-order valence-electron chi connectivity index (χ4n) is 3.84. The summed E-state index contributed by atoms with van der Waals surface area (Å²) in [6.45, 7) is 6.84. The molecule has 0 unspecified atom stereocenters. The molecule has 34 heavy (non-hydrogen) atoms. The van der Waals surface area contributed by atoms with E-state index >= 15 is 0 Å². The molecular weight excluding hydrogens is 454 g/mol. The lowest BCUT2D eigenvalue weighted by molar-refractivity contribution is -0.136. The van der Waals surface area contributed by atoms with Crippen molar-refractivity contribution in [1.82, 2.24) is 16.0 Å². The molecule has 1 saturated heterocycles. The minimum absolute atomic E-state index is 0.122. The number of hydrogen-bond acceptors (Lipinski definition) is 6. The minimum atomic E-state index is -1.19. The molecule has 0 saturated carbocycles. The number of Topliss-reactive ketones (excluding diaryl/α,β-unsaturated/α-hetero) is 1. The van der Waals surface area contributed by atoms with Gasteiger partial charge in [-0.05, 0) is 23.9 Å². The molecule has 0 spiro atoms. The maximum Gasteiger partial charge on any atom is 0.238 e. The van der Waals surface area contributed by atoms with E-state index in [1.807, 2.05) is 35.7 Å². The molecule has 4 amide bonds. The molecule has 1 aromatic heterocycles. The standard InChI is InChI=1S/C25H27N3O5S/c1-14(2)22(23(31)21-15(3)24(32)28-25(21)33)27-20(30)13-18(16-8-5-4-6-9-16)26-19(29)12-17-10-7-11-34-17/h4-11,15,18,21-22H,1,12-13H2,2-3H3,(H,26,29)(H,27,30)(H,28,32,33)/t15-,18-,21+,22-/m0/s1. The maximum atomic E-state index is 13.0. The molecule has 1 aliphatic heterocycles. The maximum absolute atomic E-state index is 13.0. The Morgan fingerprint density at radius 1 is 1.03 bits per heavy atom. The number of hydrogen-bond donors (Lipinski definition) is 3. The van der Waals surface area contributed by atoms with Gasteiger partial charge in [-0.1, -0.05) is 55.5 Å². The Labute approximate surface area is 201 Å². The molecule has 4 atom stereocenters. The second-order valence-electron chi connectivity index (χ2n) is 8.36. The number of amides is 4. The summed E-state index contributed by atoms with van der Waals surface area (Å²) in [4.78, 5) is 63.4. The fourth-order valence-corrected chi connectivity index (χ4v) is 4.55. The van der Waals surface area contributed by atoms with Crippen LogP contribution in [0, 0.1) is 11.8 Å². The van der Waals surface area contributed by atoms with E-state index in [4.69, 9.17) is 0 Å². The van der Waals surface area contributed by atoms with Crippen LogP contribution in [0.15, 0.2) is 60.0 Å². The quantitative estimate of drug-likeness (QED) is 0.273. The van der Waals surface area contributed by atoms with Crippen LogP contribution in [0.3, 0.4) is 0 Å². The zero-order chi connectivity index (χ0) is 24.8. The van der Waals surface area contributed by atoms with Gasteiger partial charge in [0.25, 0.3) is 0 Å². The van der Waals surface area contributed by atoms with Gasteiger partial charge >= 0.3 is 0 Å². The van der Waals surface area contributed by atoms with Gasteiger partial charge in [0.1, 0.15) is 12.0 Å². The third kappa shape index (κ3) is 6.05. The second kappa shape index (κ2) is 11.0. The van der Waals surface area contributed by atoms with Crippen LogP contribution in [-0.4, -0.2) is 35.5 Å². The summed E-state index contributed by atoms with van der Waals surface area (Å²) in [6, 6.07) is 11.0. The van der Waals surface area contributed by atoms with Gasteiger partial charge in [0.05, 0.1) is 24.8 Å². The Balaban J connectivity index is 1.72. The molecule has 1 fully saturated rings. The van der Waals surface area contributed by atoms with E-state index in [1.54, 1.807) is 19.1 Å². The van der Waals surface area contributed by atoms with E-state index in [1.165, 1.54) is 18.3 Å². The largest absolute Gasteiger partial charge is 0.348 e. The van der Waals surface area contributed by atoms with Crippen LogP contribution in [0.25, 0.3) is 0 Å². The van der Waals surface area contributed by atoms with Crippen molar-refractivity contribution in [1.29, 1.82) is 0 Å². The van der Waals surface area contributed by atoms with E-state index in [-0.39, 0.29) is 18.7 Å². The topological polar surface area (TPSA) is 121 Å². The molecular formula is C25H27N3O5S. The van der Waals surface area contributed by atoms with Gasteiger partial charge in [0, 0.05) is 4.88 Å². The van der Waals surface area contributed by atoms with Crippen LogP contribution in [0.1, 0.15) is 36.8 Å². The number of thiophene rings is 1. The first-order valence-electron chi connectivity index (χ1n) is 10.9. The van der Waals surface area contributed by atoms with Crippen LogP contribution < -0.4 is 16.0 Å². The van der Waals surface area contributed by atoms with Crippen LogP contribution in [-0.2, 0) is 30.4 Å². The zero-order valence-electron chi connectivity index (χ0n) is 19.0. The summed E-state index contributed by atoms with van der Waals surface area (Å²) >= 11 is 1.47. The van der Waals surface area contributed by atoms with E-state index in [9.17, 15) is 24.0 Å². The highest BCUT2D eigenvalue weighted by molar-refractivity contribution is 7.10. The van der Waals surface area contributed by atoms with E-state index < -0.39 is 47.4 Å². The lowest BCUT2D eigenvalue weighted by Crippen LogP contribution is -2.47. The first-order valence-corrected chi connectivity index (χ1v) is 11.7. The summed E-state index contributed by atoms with van der Waals surface area (Å²) in [5, 5.41) is 9.58. The number of rotatable bonds is 10. The average Bonchev–Trinajstić information content (AvgIpc) is 3.38. The number of nitrogens with one attached hydrogen (secondary N) is 3. The SMILES string of the molecule is C=C(C)[C@H](NC(=O)C[C@H](NC(=O)Cc1cccs1)c1ccccc1)C(=O)[C@@H]1C(=O)NC(=O)[C@H]1C. The minimum Gasteiger partial charge on any atom is -0.348 e. The summed E-state index contributed by atoms with van der Waals surface area (Å²) in [5.41, 5.74) is 1.08. The van der Waals surface area contributed by atoms with Crippen molar-refractivity contribution in [3.8, 4) is 0 Å². The van der Waals surface area contributed by atoms with Gasteiger partial charge in [-0.15, -0.1) is 11.3 Å². The van der Waals surface area contributed by atoms with Crippen LogP contribution in [0.5, 0.6) is 0 Å². The van der Waals surface area contributed by atoms with E-state index in [0.717, 1.165) is 10.4 Å². The van der Waals surface area contributed by atoms with Crippen molar-refractivity contribution in [3.05, 3.63) is 70.4 Å². The van der Waals surface area contributed by atoms with Gasteiger partial charge in [0.2, 0.25) is 23.6 Å². The van der Waals surface area contributed by atoms with Crippen molar-refractivity contribution in [2.45, 2.75) is 38.8 Å². The Kier molecular flexibility index (Phi) is 8.12. The molecule has 1 aliphatic rings. The van der Waals surface area contributed by atoms with Crippen molar-refractivity contribution in [2.24, 2.45) is 11.8 Å². The molecule has 3 N–H and O–H groups in total. The highest BCUT2D eigenvalue weighted by atomic mass is 32.1. The smallest absolute Gasteiger partial charge is 0.238 e. The summed E-state index contributed by atoms with van der Waals surface area (Å²) in [5.74, 6) is -4.53. The first kappa shape index (κ1) is 25.0. The Bertz CT molecular complexity index is 1100. The Morgan fingerprint density at radius 3 is 2.29 bits per heavy atom. The van der Waals surface area contributed by atoms with Gasteiger partial charge in [-0.25, -0.2) is 0 Å². The van der Waals surface area contributed by atoms with E-state index in [0.29, 0.717) is 5.57 Å². The molecule has 8 nitrogen and oxygen atoms in total.